The molecule has 0 aliphatic rings. The van der Waals surface area contributed by atoms with Crippen molar-refractivity contribution < 1.29 is 13.2 Å². The van der Waals surface area contributed by atoms with Gasteiger partial charge in [0.1, 0.15) is 5.69 Å². The Hall–Kier alpha value is -2.35. The van der Waals surface area contributed by atoms with Crippen molar-refractivity contribution in [3.05, 3.63) is 58.2 Å². The molecule has 130 valence electrons. The van der Waals surface area contributed by atoms with Gasteiger partial charge in [-0.1, -0.05) is 17.7 Å². The van der Waals surface area contributed by atoms with Gasteiger partial charge in [0.25, 0.3) is 5.91 Å². The first-order chi connectivity index (χ1) is 11.6. The number of nitrogens with two attached hydrogens (primary N) is 1. The molecule has 4 N–H and O–H groups in total. The summed E-state index contributed by atoms with van der Waals surface area (Å²) in [4.78, 5) is 15.5. The number of anilines is 1. The van der Waals surface area contributed by atoms with Crippen molar-refractivity contribution in [3.63, 3.8) is 0 Å². The van der Waals surface area contributed by atoms with Crippen LogP contribution in [0.3, 0.4) is 0 Å². The summed E-state index contributed by atoms with van der Waals surface area (Å²) in [5.41, 5.74) is 2.95. The fraction of sp³-hybridized carbons (Fsp3) is 0.118. The number of benzene rings is 2. The number of aromatic amines is 1. The van der Waals surface area contributed by atoms with Crippen LogP contribution >= 0.6 is 11.6 Å². The molecule has 8 heteroatoms. The highest BCUT2D eigenvalue weighted by molar-refractivity contribution is 7.89. The topological polar surface area (TPSA) is 105 Å². The fourth-order valence-corrected chi connectivity index (χ4v) is 3.33. The first-order valence-corrected chi connectivity index (χ1v) is 9.31. The minimum absolute atomic E-state index is 0.0469. The Morgan fingerprint density at radius 3 is 2.56 bits per heavy atom. The van der Waals surface area contributed by atoms with Gasteiger partial charge in [-0.15, -0.1) is 0 Å². The van der Waals surface area contributed by atoms with Gasteiger partial charge >= 0.3 is 0 Å². The Morgan fingerprint density at radius 1 is 1.16 bits per heavy atom. The summed E-state index contributed by atoms with van der Waals surface area (Å²) in [5.74, 6) is -0.388. The largest absolute Gasteiger partial charge is 0.350 e. The number of halogens is 1. The van der Waals surface area contributed by atoms with E-state index in [1.54, 1.807) is 32.0 Å². The number of primary sulfonamides is 1. The van der Waals surface area contributed by atoms with Crippen LogP contribution in [0, 0.1) is 13.8 Å². The van der Waals surface area contributed by atoms with Crippen LogP contribution in [-0.4, -0.2) is 19.3 Å². The lowest BCUT2D eigenvalue weighted by Crippen LogP contribution is -2.16. The van der Waals surface area contributed by atoms with Crippen molar-refractivity contribution in [3.8, 4) is 0 Å². The van der Waals surface area contributed by atoms with E-state index < -0.39 is 10.0 Å². The first kappa shape index (κ1) is 17.5. The number of fused-ring (bicyclic) bond motifs is 1. The molecule has 0 saturated carbocycles. The van der Waals surface area contributed by atoms with Crippen LogP contribution in [0.1, 0.15) is 21.6 Å². The van der Waals surface area contributed by atoms with Crippen molar-refractivity contribution in [1.82, 2.24) is 4.98 Å². The second kappa shape index (κ2) is 6.18. The molecule has 25 heavy (non-hydrogen) atoms. The summed E-state index contributed by atoms with van der Waals surface area (Å²) in [5, 5.41) is 9.34. The number of sulfonamides is 1. The van der Waals surface area contributed by atoms with E-state index in [4.69, 9.17) is 16.7 Å². The zero-order valence-corrected chi connectivity index (χ0v) is 15.1. The number of rotatable bonds is 3. The summed E-state index contributed by atoms with van der Waals surface area (Å²) in [6, 6.07) is 9.81. The summed E-state index contributed by atoms with van der Waals surface area (Å²) in [6.45, 7) is 3.55. The standard InChI is InChI=1S/C17H16ClN3O3S/c1-9-5-13(25(19,23)24)8-14(10(9)2)21-17(22)16-6-11-3-4-12(18)7-15(11)20-16/h3-8,20H,1-2H3,(H,21,22)(H2,19,23,24). The molecular formula is C17H16ClN3O3S. The second-order valence-corrected chi connectivity index (χ2v) is 7.82. The van der Waals surface area contributed by atoms with Crippen LogP contribution in [0.5, 0.6) is 0 Å². The van der Waals surface area contributed by atoms with Crippen molar-refractivity contribution >= 4 is 44.1 Å². The molecule has 0 fully saturated rings. The predicted molar refractivity (Wildman–Crippen MR) is 98.6 cm³/mol. The van der Waals surface area contributed by atoms with Gasteiger partial charge in [-0.05, 0) is 55.3 Å². The number of aryl methyl sites for hydroxylation is 1. The average molecular weight is 378 g/mol. The van der Waals surface area contributed by atoms with E-state index in [-0.39, 0.29) is 10.8 Å². The normalized spacial score (nSPS) is 11.7. The monoisotopic (exact) mass is 377 g/mol. The smallest absolute Gasteiger partial charge is 0.272 e. The van der Waals surface area contributed by atoms with Crippen molar-refractivity contribution in [1.29, 1.82) is 0 Å². The molecule has 0 aliphatic heterocycles. The van der Waals surface area contributed by atoms with Crippen LogP contribution in [0.4, 0.5) is 5.69 Å². The SMILES string of the molecule is Cc1cc(S(N)(=O)=O)cc(NC(=O)c2cc3ccc(Cl)cc3[nH]2)c1C. The maximum atomic E-state index is 12.5. The number of carbonyl (C=O) groups is 1. The van der Waals surface area contributed by atoms with Crippen LogP contribution in [0.2, 0.25) is 5.02 Å². The highest BCUT2D eigenvalue weighted by Crippen LogP contribution is 2.25. The zero-order valence-electron chi connectivity index (χ0n) is 13.6. The molecule has 2 aromatic carbocycles. The van der Waals surface area contributed by atoms with Crippen molar-refractivity contribution in [2.24, 2.45) is 5.14 Å². The van der Waals surface area contributed by atoms with Crippen LogP contribution in [0.15, 0.2) is 41.3 Å². The number of hydrogen-bond acceptors (Lipinski definition) is 3. The highest BCUT2D eigenvalue weighted by Gasteiger charge is 2.16. The van der Waals surface area contributed by atoms with E-state index >= 15 is 0 Å². The molecule has 0 bridgehead atoms. The highest BCUT2D eigenvalue weighted by atomic mass is 35.5. The Balaban J connectivity index is 1.98. The van der Waals surface area contributed by atoms with Gasteiger partial charge in [0.15, 0.2) is 0 Å². The number of aromatic nitrogens is 1. The molecule has 3 aromatic rings. The molecule has 0 saturated heterocycles. The third kappa shape index (κ3) is 3.53. The molecule has 0 radical (unpaired) electrons. The average Bonchev–Trinajstić information content (AvgIpc) is 2.93. The third-order valence-electron chi connectivity index (χ3n) is 4.05. The van der Waals surface area contributed by atoms with E-state index in [1.807, 2.05) is 6.07 Å². The van der Waals surface area contributed by atoms with E-state index in [0.29, 0.717) is 22.0 Å². The summed E-state index contributed by atoms with van der Waals surface area (Å²) in [7, 11) is -3.86. The number of amides is 1. The van der Waals surface area contributed by atoms with E-state index in [0.717, 1.165) is 16.5 Å². The lowest BCUT2D eigenvalue weighted by Gasteiger charge is -2.12. The molecule has 1 heterocycles. The third-order valence-corrected chi connectivity index (χ3v) is 5.17. The summed E-state index contributed by atoms with van der Waals surface area (Å²) >= 11 is 5.95. The van der Waals surface area contributed by atoms with Gasteiger partial charge in [-0.25, -0.2) is 13.6 Å². The van der Waals surface area contributed by atoms with Gasteiger partial charge < -0.3 is 10.3 Å². The molecule has 6 nitrogen and oxygen atoms in total. The second-order valence-electron chi connectivity index (χ2n) is 5.83. The van der Waals surface area contributed by atoms with Crippen molar-refractivity contribution in [2.75, 3.05) is 5.32 Å². The Morgan fingerprint density at radius 2 is 1.88 bits per heavy atom. The Bertz CT molecular complexity index is 1100. The molecule has 1 amide bonds. The summed E-state index contributed by atoms with van der Waals surface area (Å²) < 4.78 is 23.2. The first-order valence-electron chi connectivity index (χ1n) is 7.39. The van der Waals surface area contributed by atoms with E-state index in [1.165, 1.54) is 12.1 Å². The maximum absolute atomic E-state index is 12.5. The van der Waals surface area contributed by atoms with Gasteiger partial charge in [-0.2, -0.15) is 0 Å². The summed E-state index contributed by atoms with van der Waals surface area (Å²) in [6.07, 6.45) is 0. The number of H-pyrrole nitrogens is 1. The van der Waals surface area contributed by atoms with Gasteiger partial charge in [0, 0.05) is 21.6 Å². The van der Waals surface area contributed by atoms with Crippen LogP contribution < -0.4 is 10.5 Å². The lowest BCUT2D eigenvalue weighted by molar-refractivity contribution is 0.102. The molecule has 3 rings (SSSR count). The van der Waals surface area contributed by atoms with Crippen LogP contribution in [0.25, 0.3) is 10.9 Å². The van der Waals surface area contributed by atoms with Crippen molar-refractivity contribution in [2.45, 2.75) is 18.7 Å². The minimum atomic E-state index is -3.86. The quantitative estimate of drug-likeness (QED) is 0.651. The molecule has 0 spiro atoms. The number of carbonyl (C=O) groups excluding carboxylic acids is 1. The van der Waals surface area contributed by atoms with Gasteiger partial charge in [0.05, 0.1) is 4.90 Å². The van der Waals surface area contributed by atoms with E-state index in [9.17, 15) is 13.2 Å². The molecule has 0 aliphatic carbocycles. The minimum Gasteiger partial charge on any atom is -0.350 e. The fourth-order valence-electron chi connectivity index (χ4n) is 2.53. The molecule has 0 unspecified atom stereocenters. The Labute approximate surface area is 150 Å². The maximum Gasteiger partial charge on any atom is 0.272 e. The number of hydrogen-bond donors (Lipinski definition) is 3. The van der Waals surface area contributed by atoms with Gasteiger partial charge in [0.2, 0.25) is 10.0 Å². The molecular weight excluding hydrogens is 362 g/mol. The van der Waals surface area contributed by atoms with Crippen LogP contribution in [-0.2, 0) is 10.0 Å². The predicted octanol–water partition coefficient (Wildman–Crippen LogP) is 3.34. The molecule has 0 atom stereocenters. The van der Waals surface area contributed by atoms with Gasteiger partial charge in [-0.3, -0.25) is 4.79 Å². The zero-order chi connectivity index (χ0) is 18.4. The molecule has 1 aromatic heterocycles. The Kier molecular flexibility index (Phi) is 4.32. The van der Waals surface area contributed by atoms with E-state index in [2.05, 4.69) is 10.3 Å². The lowest BCUT2D eigenvalue weighted by atomic mass is 10.1. The number of nitrogens with one attached hydrogen (secondary N) is 2.